The van der Waals surface area contributed by atoms with E-state index in [0.29, 0.717) is 0 Å². The van der Waals surface area contributed by atoms with Crippen LogP contribution in [0.15, 0.2) is 60.2 Å². The van der Waals surface area contributed by atoms with E-state index in [4.69, 9.17) is 0 Å². The van der Waals surface area contributed by atoms with Crippen LogP contribution in [-0.2, 0) is 6.42 Å². The Bertz CT molecular complexity index is 824. The van der Waals surface area contributed by atoms with Gasteiger partial charge in [-0.05, 0) is 66.0 Å². The first-order valence-corrected chi connectivity index (χ1v) is 11.7. The van der Waals surface area contributed by atoms with Gasteiger partial charge in [-0.1, -0.05) is 107 Å². The lowest BCUT2D eigenvalue weighted by Crippen LogP contribution is -2.05. The molecule has 2 aromatic carbocycles. The zero-order chi connectivity index (χ0) is 20.3. The third-order valence-electron chi connectivity index (χ3n) is 6.06. The van der Waals surface area contributed by atoms with Gasteiger partial charge in [0.15, 0.2) is 0 Å². The summed E-state index contributed by atoms with van der Waals surface area (Å²) < 4.78 is 0. The molecule has 1 aliphatic carbocycles. The van der Waals surface area contributed by atoms with E-state index in [2.05, 4.69) is 80.3 Å². The van der Waals surface area contributed by atoms with Gasteiger partial charge in [-0.2, -0.15) is 0 Å². The van der Waals surface area contributed by atoms with E-state index in [1.165, 1.54) is 73.6 Å². The SMILES string of the molecule is CCCCCCC1CC=C(C#Cc2ccc(-c3ccc(CCC)cc3)cc2)CC1. The molecule has 0 spiro atoms. The highest BCUT2D eigenvalue weighted by Gasteiger charge is 2.13. The van der Waals surface area contributed by atoms with Crippen LogP contribution in [0.25, 0.3) is 11.1 Å². The van der Waals surface area contributed by atoms with Gasteiger partial charge in [-0.15, -0.1) is 0 Å². The highest BCUT2D eigenvalue weighted by Crippen LogP contribution is 2.27. The number of rotatable bonds is 8. The van der Waals surface area contributed by atoms with Crippen LogP contribution in [-0.4, -0.2) is 0 Å². The molecule has 1 unspecified atom stereocenters. The average Bonchev–Trinajstić information content (AvgIpc) is 2.77. The molecule has 0 saturated heterocycles. The van der Waals surface area contributed by atoms with Crippen LogP contribution in [0.3, 0.4) is 0 Å². The zero-order valence-electron chi connectivity index (χ0n) is 18.3. The van der Waals surface area contributed by atoms with Crippen LogP contribution in [0.1, 0.15) is 82.8 Å². The second-order valence-electron chi connectivity index (χ2n) is 8.49. The summed E-state index contributed by atoms with van der Waals surface area (Å²) in [6.45, 7) is 4.51. The van der Waals surface area contributed by atoms with Crippen molar-refractivity contribution < 1.29 is 0 Å². The second-order valence-corrected chi connectivity index (χ2v) is 8.49. The fourth-order valence-corrected chi connectivity index (χ4v) is 4.17. The summed E-state index contributed by atoms with van der Waals surface area (Å²) in [5.41, 5.74) is 6.41. The fraction of sp³-hybridized carbons (Fsp3) is 0.448. The number of aryl methyl sites for hydroxylation is 1. The van der Waals surface area contributed by atoms with Crippen LogP contribution in [0.2, 0.25) is 0 Å². The number of hydrogen-bond acceptors (Lipinski definition) is 0. The van der Waals surface area contributed by atoms with E-state index >= 15 is 0 Å². The minimum absolute atomic E-state index is 0.889. The zero-order valence-corrected chi connectivity index (χ0v) is 18.3. The molecule has 3 rings (SSSR count). The Balaban J connectivity index is 1.53. The molecule has 0 heterocycles. The predicted molar refractivity (Wildman–Crippen MR) is 127 cm³/mol. The quantitative estimate of drug-likeness (QED) is 0.317. The molecular weight excluding hydrogens is 348 g/mol. The molecule has 0 aliphatic heterocycles. The van der Waals surface area contributed by atoms with E-state index in [0.717, 1.165) is 24.3 Å². The maximum atomic E-state index is 3.43. The van der Waals surface area contributed by atoms with Crippen LogP contribution in [0, 0.1) is 17.8 Å². The van der Waals surface area contributed by atoms with Crippen molar-refractivity contribution in [1.82, 2.24) is 0 Å². The summed E-state index contributed by atoms with van der Waals surface area (Å²) in [4.78, 5) is 0. The largest absolute Gasteiger partial charge is 0.0726 e. The first-order valence-electron chi connectivity index (χ1n) is 11.7. The van der Waals surface area contributed by atoms with Crippen LogP contribution < -0.4 is 0 Å². The minimum Gasteiger partial charge on any atom is -0.0726 e. The van der Waals surface area contributed by atoms with Gasteiger partial charge in [0.1, 0.15) is 0 Å². The lowest BCUT2D eigenvalue weighted by molar-refractivity contribution is 0.417. The monoisotopic (exact) mass is 384 g/mol. The van der Waals surface area contributed by atoms with Crippen molar-refractivity contribution >= 4 is 0 Å². The van der Waals surface area contributed by atoms with E-state index in [1.54, 1.807) is 0 Å². The van der Waals surface area contributed by atoms with E-state index in [1.807, 2.05) is 0 Å². The molecule has 0 radical (unpaired) electrons. The van der Waals surface area contributed by atoms with E-state index in [9.17, 15) is 0 Å². The van der Waals surface area contributed by atoms with Crippen LogP contribution >= 0.6 is 0 Å². The molecule has 2 aromatic rings. The van der Waals surface area contributed by atoms with Gasteiger partial charge >= 0.3 is 0 Å². The summed E-state index contributed by atoms with van der Waals surface area (Å²) in [7, 11) is 0. The summed E-state index contributed by atoms with van der Waals surface area (Å²) >= 11 is 0. The standard InChI is InChI=1S/C29H36/c1-3-5-6-7-9-25-10-12-26(13-11-25)14-15-27-18-22-29(23-19-27)28-20-16-24(8-4-2)17-21-28/h12,16-23,25H,3-11,13H2,1-2H3. The van der Waals surface area contributed by atoms with Gasteiger partial charge in [0.05, 0.1) is 0 Å². The topological polar surface area (TPSA) is 0 Å². The maximum Gasteiger partial charge on any atom is 0.0249 e. The Kier molecular flexibility index (Phi) is 8.63. The maximum absolute atomic E-state index is 3.43. The molecule has 29 heavy (non-hydrogen) atoms. The first-order chi connectivity index (χ1) is 14.3. The van der Waals surface area contributed by atoms with E-state index in [-0.39, 0.29) is 0 Å². The normalized spacial score (nSPS) is 16.1. The third-order valence-corrected chi connectivity index (χ3v) is 6.06. The van der Waals surface area contributed by atoms with Gasteiger partial charge in [-0.25, -0.2) is 0 Å². The molecule has 0 heteroatoms. The summed E-state index contributed by atoms with van der Waals surface area (Å²) in [6, 6.07) is 17.7. The van der Waals surface area contributed by atoms with Gasteiger partial charge < -0.3 is 0 Å². The Morgan fingerprint density at radius 2 is 1.52 bits per heavy atom. The number of hydrogen-bond donors (Lipinski definition) is 0. The van der Waals surface area contributed by atoms with Crippen LogP contribution in [0.5, 0.6) is 0 Å². The highest BCUT2D eigenvalue weighted by atomic mass is 14.2. The molecule has 0 aromatic heterocycles. The van der Waals surface area contributed by atoms with Crippen molar-refractivity contribution in [3.8, 4) is 23.0 Å². The minimum atomic E-state index is 0.889. The molecule has 1 aliphatic rings. The van der Waals surface area contributed by atoms with Crippen molar-refractivity contribution in [2.75, 3.05) is 0 Å². The lowest BCUT2D eigenvalue weighted by atomic mass is 9.86. The van der Waals surface area contributed by atoms with E-state index < -0.39 is 0 Å². The molecule has 0 N–H and O–H groups in total. The van der Waals surface area contributed by atoms with Gasteiger partial charge in [0.25, 0.3) is 0 Å². The summed E-state index contributed by atoms with van der Waals surface area (Å²) in [5, 5.41) is 0. The molecule has 0 fully saturated rings. The number of unbranched alkanes of at least 4 members (excludes halogenated alkanes) is 3. The van der Waals surface area contributed by atoms with Gasteiger partial charge in [0, 0.05) is 5.56 Å². The van der Waals surface area contributed by atoms with Crippen molar-refractivity contribution in [3.05, 3.63) is 71.3 Å². The average molecular weight is 385 g/mol. The Morgan fingerprint density at radius 3 is 2.14 bits per heavy atom. The van der Waals surface area contributed by atoms with Crippen LogP contribution in [0.4, 0.5) is 0 Å². The summed E-state index contributed by atoms with van der Waals surface area (Å²) in [6.07, 6.45) is 15.4. The predicted octanol–water partition coefficient (Wildman–Crippen LogP) is 8.35. The molecule has 0 bridgehead atoms. The molecular formula is C29H36. The number of benzene rings is 2. The molecule has 0 nitrogen and oxygen atoms in total. The summed E-state index contributed by atoms with van der Waals surface area (Å²) in [5.74, 6) is 7.69. The molecule has 152 valence electrons. The molecule has 0 amide bonds. The van der Waals surface area contributed by atoms with Crippen molar-refractivity contribution in [1.29, 1.82) is 0 Å². The molecule has 0 saturated carbocycles. The van der Waals surface area contributed by atoms with Gasteiger partial charge in [0.2, 0.25) is 0 Å². The lowest BCUT2D eigenvalue weighted by Gasteiger charge is -2.19. The fourth-order valence-electron chi connectivity index (χ4n) is 4.17. The Labute approximate surface area is 178 Å². The second kappa shape index (κ2) is 11.7. The van der Waals surface area contributed by atoms with Crippen molar-refractivity contribution in [3.63, 3.8) is 0 Å². The smallest absolute Gasteiger partial charge is 0.0249 e. The molecule has 1 atom stereocenters. The Hall–Kier alpha value is -2.26. The Morgan fingerprint density at radius 1 is 0.793 bits per heavy atom. The number of allylic oxidation sites excluding steroid dienone is 2. The highest BCUT2D eigenvalue weighted by molar-refractivity contribution is 5.64. The third kappa shape index (κ3) is 6.93. The first kappa shape index (κ1) is 21.4. The van der Waals surface area contributed by atoms with Crippen molar-refractivity contribution in [2.45, 2.75) is 78.1 Å². The van der Waals surface area contributed by atoms with Crippen molar-refractivity contribution in [2.24, 2.45) is 5.92 Å². The van der Waals surface area contributed by atoms with Gasteiger partial charge in [-0.3, -0.25) is 0 Å².